The van der Waals surface area contributed by atoms with Gasteiger partial charge in [0.25, 0.3) is 5.91 Å². The summed E-state index contributed by atoms with van der Waals surface area (Å²) in [4.78, 5) is 16.5. The monoisotopic (exact) mass is 352 g/mol. The van der Waals surface area contributed by atoms with E-state index in [-0.39, 0.29) is 22.7 Å². The number of aromatic nitrogens is 3. The first-order chi connectivity index (χ1) is 11.6. The zero-order valence-electron chi connectivity index (χ0n) is 13.7. The SMILES string of the molecule is CC(C)(C)NC(=O)c1cnn2c(C(F)(F)F)cc(-c3ccco3)nc12. The molecule has 3 rings (SSSR count). The molecule has 0 saturated heterocycles. The van der Waals surface area contributed by atoms with Crippen molar-refractivity contribution >= 4 is 11.6 Å². The number of amides is 1. The van der Waals surface area contributed by atoms with Crippen LogP contribution in [-0.2, 0) is 6.18 Å². The summed E-state index contributed by atoms with van der Waals surface area (Å²) in [6.45, 7) is 5.29. The van der Waals surface area contributed by atoms with Gasteiger partial charge in [-0.2, -0.15) is 18.3 Å². The number of rotatable bonds is 2. The molecule has 0 saturated carbocycles. The van der Waals surface area contributed by atoms with Crippen LogP contribution in [0.1, 0.15) is 36.8 Å². The molecular weight excluding hydrogens is 337 g/mol. The molecule has 0 fully saturated rings. The van der Waals surface area contributed by atoms with E-state index in [1.807, 2.05) is 0 Å². The van der Waals surface area contributed by atoms with Gasteiger partial charge in [0.05, 0.1) is 12.5 Å². The second kappa shape index (κ2) is 5.61. The zero-order chi connectivity index (χ0) is 18.4. The van der Waals surface area contributed by atoms with Crippen LogP contribution < -0.4 is 5.32 Å². The van der Waals surface area contributed by atoms with Crippen molar-refractivity contribution in [2.75, 3.05) is 0 Å². The fraction of sp³-hybridized carbons (Fsp3) is 0.312. The second-order valence-corrected chi connectivity index (χ2v) is 6.50. The van der Waals surface area contributed by atoms with Gasteiger partial charge in [0, 0.05) is 5.54 Å². The van der Waals surface area contributed by atoms with Crippen molar-refractivity contribution in [2.24, 2.45) is 0 Å². The van der Waals surface area contributed by atoms with Gasteiger partial charge in [-0.15, -0.1) is 0 Å². The van der Waals surface area contributed by atoms with Crippen LogP contribution in [0.5, 0.6) is 0 Å². The largest absolute Gasteiger partial charge is 0.463 e. The van der Waals surface area contributed by atoms with Crippen molar-refractivity contribution in [1.82, 2.24) is 19.9 Å². The highest BCUT2D eigenvalue weighted by Gasteiger charge is 2.36. The highest BCUT2D eigenvalue weighted by Crippen LogP contribution is 2.32. The standard InChI is InChI=1S/C16H15F3N4O2/c1-15(2,3)22-14(24)9-8-20-23-12(16(17,18)19)7-10(21-13(9)23)11-5-4-6-25-11/h4-8H,1-3H3,(H,22,24). The molecule has 3 aromatic heterocycles. The lowest BCUT2D eigenvalue weighted by molar-refractivity contribution is -0.142. The van der Waals surface area contributed by atoms with Gasteiger partial charge in [0.1, 0.15) is 11.3 Å². The van der Waals surface area contributed by atoms with Crippen LogP contribution >= 0.6 is 0 Å². The number of carbonyl (C=O) groups is 1. The molecule has 3 aromatic rings. The average Bonchev–Trinajstić information content (AvgIpc) is 3.12. The summed E-state index contributed by atoms with van der Waals surface area (Å²) >= 11 is 0. The summed E-state index contributed by atoms with van der Waals surface area (Å²) in [6.07, 6.45) is -2.27. The number of halogens is 3. The molecule has 9 heteroatoms. The van der Waals surface area contributed by atoms with E-state index >= 15 is 0 Å². The molecule has 0 aliphatic heterocycles. The lowest BCUT2D eigenvalue weighted by Gasteiger charge is -2.20. The minimum atomic E-state index is -4.67. The molecule has 1 N–H and O–H groups in total. The number of nitrogens with zero attached hydrogens (tertiary/aromatic N) is 3. The summed E-state index contributed by atoms with van der Waals surface area (Å²) in [7, 11) is 0. The van der Waals surface area contributed by atoms with Crippen molar-refractivity contribution in [1.29, 1.82) is 0 Å². The third-order valence-corrected chi connectivity index (χ3v) is 3.27. The Morgan fingerprint density at radius 3 is 2.56 bits per heavy atom. The maximum atomic E-state index is 13.4. The third kappa shape index (κ3) is 3.35. The van der Waals surface area contributed by atoms with Crippen LogP contribution in [-0.4, -0.2) is 26.0 Å². The Balaban J connectivity index is 2.22. The highest BCUT2D eigenvalue weighted by atomic mass is 19.4. The number of hydrogen-bond acceptors (Lipinski definition) is 4. The molecule has 0 aromatic carbocycles. The minimum absolute atomic E-state index is 0.0323. The van der Waals surface area contributed by atoms with Crippen molar-refractivity contribution < 1.29 is 22.4 Å². The van der Waals surface area contributed by atoms with Crippen LogP contribution in [0.3, 0.4) is 0 Å². The summed E-state index contributed by atoms with van der Waals surface area (Å²) in [5.74, 6) is -0.393. The van der Waals surface area contributed by atoms with Crippen molar-refractivity contribution in [3.8, 4) is 11.5 Å². The maximum absolute atomic E-state index is 13.4. The van der Waals surface area contributed by atoms with E-state index in [4.69, 9.17) is 4.42 Å². The quantitative estimate of drug-likeness (QED) is 0.766. The van der Waals surface area contributed by atoms with E-state index in [1.165, 1.54) is 18.4 Å². The number of alkyl halides is 3. The Labute approximate surface area is 140 Å². The van der Waals surface area contributed by atoms with E-state index < -0.39 is 23.3 Å². The number of furan rings is 1. The molecular formula is C16H15F3N4O2. The van der Waals surface area contributed by atoms with Gasteiger partial charge in [-0.1, -0.05) is 0 Å². The number of fused-ring (bicyclic) bond motifs is 1. The molecule has 0 aliphatic carbocycles. The van der Waals surface area contributed by atoms with Gasteiger partial charge < -0.3 is 9.73 Å². The molecule has 0 bridgehead atoms. The first-order valence-corrected chi connectivity index (χ1v) is 7.38. The molecule has 3 heterocycles. The first kappa shape index (κ1) is 17.0. The van der Waals surface area contributed by atoms with Crippen LogP contribution in [0, 0.1) is 0 Å². The topological polar surface area (TPSA) is 72.4 Å². The molecule has 0 atom stereocenters. The van der Waals surface area contributed by atoms with Crippen molar-refractivity contribution in [2.45, 2.75) is 32.5 Å². The van der Waals surface area contributed by atoms with Crippen LogP contribution in [0.4, 0.5) is 13.2 Å². The molecule has 132 valence electrons. The molecule has 1 amide bonds. The summed E-state index contributed by atoms with van der Waals surface area (Å²) in [5, 5.41) is 6.39. The first-order valence-electron chi connectivity index (χ1n) is 7.38. The fourth-order valence-corrected chi connectivity index (χ4v) is 2.28. The predicted octanol–water partition coefficient (Wildman–Crippen LogP) is 3.54. The minimum Gasteiger partial charge on any atom is -0.463 e. The Kier molecular flexibility index (Phi) is 3.81. The van der Waals surface area contributed by atoms with E-state index in [2.05, 4.69) is 15.4 Å². The lowest BCUT2D eigenvalue weighted by atomic mass is 10.1. The number of hydrogen-bond donors (Lipinski definition) is 1. The van der Waals surface area contributed by atoms with Gasteiger partial charge in [0.15, 0.2) is 17.1 Å². The van der Waals surface area contributed by atoms with E-state index in [9.17, 15) is 18.0 Å². The van der Waals surface area contributed by atoms with E-state index in [1.54, 1.807) is 20.8 Å². The third-order valence-electron chi connectivity index (χ3n) is 3.27. The fourth-order valence-electron chi connectivity index (χ4n) is 2.28. The van der Waals surface area contributed by atoms with Gasteiger partial charge in [-0.25, -0.2) is 9.50 Å². The van der Waals surface area contributed by atoms with Crippen molar-refractivity contribution in [3.63, 3.8) is 0 Å². The van der Waals surface area contributed by atoms with Crippen LogP contribution in [0.15, 0.2) is 35.1 Å². The molecule has 25 heavy (non-hydrogen) atoms. The lowest BCUT2D eigenvalue weighted by Crippen LogP contribution is -2.40. The number of carbonyl (C=O) groups excluding carboxylic acids is 1. The van der Waals surface area contributed by atoms with Gasteiger partial charge >= 0.3 is 6.18 Å². The molecule has 0 unspecified atom stereocenters. The van der Waals surface area contributed by atoms with E-state index in [0.717, 1.165) is 12.3 Å². The second-order valence-electron chi connectivity index (χ2n) is 6.50. The molecule has 0 radical (unpaired) electrons. The smallest absolute Gasteiger partial charge is 0.433 e. The van der Waals surface area contributed by atoms with Gasteiger partial charge in [-0.05, 0) is 39.0 Å². The Hall–Kier alpha value is -2.84. The van der Waals surface area contributed by atoms with Crippen LogP contribution in [0.2, 0.25) is 0 Å². The van der Waals surface area contributed by atoms with Crippen LogP contribution in [0.25, 0.3) is 17.1 Å². The molecule has 6 nitrogen and oxygen atoms in total. The zero-order valence-corrected chi connectivity index (χ0v) is 13.7. The Morgan fingerprint density at radius 1 is 1.28 bits per heavy atom. The van der Waals surface area contributed by atoms with E-state index in [0.29, 0.717) is 4.52 Å². The Morgan fingerprint density at radius 2 is 2.00 bits per heavy atom. The maximum Gasteiger partial charge on any atom is 0.433 e. The molecule has 0 aliphatic rings. The summed E-state index contributed by atoms with van der Waals surface area (Å²) < 4.78 is 46.0. The number of nitrogens with one attached hydrogen (secondary N) is 1. The Bertz CT molecular complexity index is 921. The highest BCUT2D eigenvalue weighted by molar-refractivity contribution is 6.00. The molecule has 0 spiro atoms. The van der Waals surface area contributed by atoms with Gasteiger partial charge in [-0.3, -0.25) is 4.79 Å². The summed E-state index contributed by atoms with van der Waals surface area (Å²) in [5.41, 5.74) is -1.87. The predicted molar refractivity (Wildman–Crippen MR) is 82.9 cm³/mol. The van der Waals surface area contributed by atoms with Gasteiger partial charge in [0.2, 0.25) is 0 Å². The normalized spacial score (nSPS) is 12.6. The summed E-state index contributed by atoms with van der Waals surface area (Å²) in [6, 6.07) is 3.87. The average molecular weight is 352 g/mol. The van der Waals surface area contributed by atoms with Crippen molar-refractivity contribution in [3.05, 3.63) is 41.9 Å².